The van der Waals surface area contributed by atoms with Crippen LogP contribution in [0, 0.1) is 0 Å². The Labute approximate surface area is 75.4 Å². The van der Waals surface area contributed by atoms with E-state index in [1.165, 1.54) is 19.3 Å². The van der Waals surface area contributed by atoms with Crippen LogP contribution >= 0.6 is 0 Å². The Balaban J connectivity index is 2.31. The summed E-state index contributed by atoms with van der Waals surface area (Å²) in [7, 11) is 0. The summed E-state index contributed by atoms with van der Waals surface area (Å²) in [6.45, 7) is 4.33. The Morgan fingerprint density at radius 1 is 1.25 bits per heavy atom. The van der Waals surface area contributed by atoms with Gasteiger partial charge < -0.3 is 10.4 Å². The SMILES string of the molecule is CC(C)NC1CCCCC(O)C1. The van der Waals surface area contributed by atoms with Crippen molar-refractivity contribution in [1.29, 1.82) is 0 Å². The van der Waals surface area contributed by atoms with E-state index in [0.29, 0.717) is 12.1 Å². The Kier molecular flexibility index (Phi) is 4.02. The van der Waals surface area contributed by atoms with Crippen molar-refractivity contribution in [3.63, 3.8) is 0 Å². The van der Waals surface area contributed by atoms with Crippen LogP contribution in [0.1, 0.15) is 46.0 Å². The van der Waals surface area contributed by atoms with E-state index in [2.05, 4.69) is 19.2 Å². The first-order chi connectivity index (χ1) is 5.68. The third kappa shape index (κ3) is 3.55. The van der Waals surface area contributed by atoms with Gasteiger partial charge in [-0.3, -0.25) is 0 Å². The molecule has 2 nitrogen and oxygen atoms in total. The first-order valence-electron chi connectivity index (χ1n) is 5.12. The molecule has 2 N–H and O–H groups in total. The lowest BCUT2D eigenvalue weighted by Crippen LogP contribution is -2.36. The van der Waals surface area contributed by atoms with Gasteiger partial charge in [-0.2, -0.15) is 0 Å². The number of hydrogen-bond acceptors (Lipinski definition) is 2. The van der Waals surface area contributed by atoms with Gasteiger partial charge >= 0.3 is 0 Å². The lowest BCUT2D eigenvalue weighted by Gasteiger charge is -2.20. The highest BCUT2D eigenvalue weighted by molar-refractivity contribution is 4.76. The molecule has 0 amide bonds. The van der Waals surface area contributed by atoms with E-state index in [-0.39, 0.29) is 6.10 Å². The molecule has 1 aliphatic carbocycles. The van der Waals surface area contributed by atoms with Gasteiger partial charge in [-0.05, 0) is 19.3 Å². The largest absolute Gasteiger partial charge is 0.393 e. The van der Waals surface area contributed by atoms with Crippen molar-refractivity contribution < 1.29 is 5.11 Å². The molecule has 0 aliphatic heterocycles. The maximum atomic E-state index is 9.53. The number of rotatable bonds is 2. The molecule has 0 aromatic heterocycles. The van der Waals surface area contributed by atoms with Gasteiger partial charge in [0.2, 0.25) is 0 Å². The van der Waals surface area contributed by atoms with Crippen molar-refractivity contribution >= 4 is 0 Å². The number of hydrogen-bond donors (Lipinski definition) is 2. The number of nitrogens with one attached hydrogen (secondary N) is 1. The molecular weight excluding hydrogens is 150 g/mol. The van der Waals surface area contributed by atoms with Gasteiger partial charge in [-0.25, -0.2) is 0 Å². The molecule has 0 aromatic carbocycles. The van der Waals surface area contributed by atoms with Crippen molar-refractivity contribution in [3.05, 3.63) is 0 Å². The van der Waals surface area contributed by atoms with E-state index < -0.39 is 0 Å². The second-order valence-corrected chi connectivity index (χ2v) is 4.19. The zero-order valence-corrected chi connectivity index (χ0v) is 8.21. The molecular formula is C10H21NO. The van der Waals surface area contributed by atoms with Gasteiger partial charge in [0.25, 0.3) is 0 Å². The molecule has 0 saturated heterocycles. The summed E-state index contributed by atoms with van der Waals surface area (Å²) in [6, 6.07) is 1.09. The molecule has 1 fully saturated rings. The summed E-state index contributed by atoms with van der Waals surface area (Å²) in [5.41, 5.74) is 0. The van der Waals surface area contributed by atoms with E-state index in [9.17, 15) is 5.11 Å². The fourth-order valence-electron chi connectivity index (χ4n) is 1.96. The van der Waals surface area contributed by atoms with Crippen LogP contribution in [0.25, 0.3) is 0 Å². The van der Waals surface area contributed by atoms with E-state index in [4.69, 9.17) is 0 Å². The average molecular weight is 171 g/mol. The van der Waals surface area contributed by atoms with Crippen molar-refractivity contribution in [3.8, 4) is 0 Å². The van der Waals surface area contributed by atoms with Gasteiger partial charge in [0.15, 0.2) is 0 Å². The monoisotopic (exact) mass is 171 g/mol. The zero-order chi connectivity index (χ0) is 8.97. The highest BCUT2D eigenvalue weighted by Crippen LogP contribution is 2.18. The molecule has 2 unspecified atom stereocenters. The molecule has 0 aromatic rings. The Hall–Kier alpha value is -0.0800. The Bertz CT molecular complexity index is 125. The van der Waals surface area contributed by atoms with Crippen molar-refractivity contribution in [1.82, 2.24) is 5.32 Å². The maximum absolute atomic E-state index is 9.53. The summed E-state index contributed by atoms with van der Waals surface area (Å²) in [5.74, 6) is 0. The first-order valence-corrected chi connectivity index (χ1v) is 5.12. The molecule has 2 atom stereocenters. The molecule has 12 heavy (non-hydrogen) atoms. The van der Waals surface area contributed by atoms with Crippen molar-refractivity contribution in [2.75, 3.05) is 0 Å². The van der Waals surface area contributed by atoms with Crippen LogP contribution in [0.3, 0.4) is 0 Å². The molecule has 2 heteroatoms. The normalized spacial score (nSPS) is 32.0. The molecule has 0 bridgehead atoms. The van der Waals surface area contributed by atoms with Gasteiger partial charge in [0.05, 0.1) is 6.10 Å². The van der Waals surface area contributed by atoms with Crippen LogP contribution in [-0.2, 0) is 0 Å². The summed E-state index contributed by atoms with van der Waals surface area (Å²) >= 11 is 0. The highest BCUT2D eigenvalue weighted by atomic mass is 16.3. The zero-order valence-electron chi connectivity index (χ0n) is 8.21. The first kappa shape index (κ1) is 10.0. The predicted molar refractivity (Wildman–Crippen MR) is 51.2 cm³/mol. The maximum Gasteiger partial charge on any atom is 0.0555 e. The standard InChI is InChI=1S/C10H21NO/c1-8(2)11-9-5-3-4-6-10(12)7-9/h8-12H,3-7H2,1-2H3. The lowest BCUT2D eigenvalue weighted by molar-refractivity contribution is 0.146. The smallest absolute Gasteiger partial charge is 0.0555 e. The molecule has 0 heterocycles. The van der Waals surface area contributed by atoms with Crippen LogP contribution in [-0.4, -0.2) is 23.3 Å². The molecule has 1 rings (SSSR count). The van der Waals surface area contributed by atoms with E-state index in [1.54, 1.807) is 0 Å². The second kappa shape index (κ2) is 4.83. The van der Waals surface area contributed by atoms with Gasteiger partial charge in [-0.15, -0.1) is 0 Å². The molecule has 0 radical (unpaired) electrons. The minimum atomic E-state index is -0.0660. The van der Waals surface area contributed by atoms with E-state index in [0.717, 1.165) is 12.8 Å². The second-order valence-electron chi connectivity index (χ2n) is 4.19. The molecule has 0 spiro atoms. The third-order valence-corrected chi connectivity index (χ3v) is 2.47. The van der Waals surface area contributed by atoms with E-state index in [1.807, 2.05) is 0 Å². The molecule has 1 aliphatic rings. The Morgan fingerprint density at radius 2 is 1.92 bits per heavy atom. The third-order valence-electron chi connectivity index (χ3n) is 2.47. The average Bonchev–Trinajstić information content (AvgIpc) is 2.12. The van der Waals surface area contributed by atoms with Gasteiger partial charge in [-0.1, -0.05) is 26.7 Å². The summed E-state index contributed by atoms with van der Waals surface area (Å²) in [4.78, 5) is 0. The van der Waals surface area contributed by atoms with Crippen LogP contribution in [0.2, 0.25) is 0 Å². The quantitative estimate of drug-likeness (QED) is 0.620. The highest BCUT2D eigenvalue weighted by Gasteiger charge is 2.18. The van der Waals surface area contributed by atoms with Crippen molar-refractivity contribution in [2.24, 2.45) is 0 Å². The van der Waals surface area contributed by atoms with Gasteiger partial charge in [0, 0.05) is 12.1 Å². The van der Waals surface area contributed by atoms with Crippen LogP contribution in [0.15, 0.2) is 0 Å². The van der Waals surface area contributed by atoms with Crippen LogP contribution in [0.5, 0.6) is 0 Å². The van der Waals surface area contributed by atoms with Crippen molar-refractivity contribution in [2.45, 2.75) is 64.1 Å². The van der Waals surface area contributed by atoms with E-state index >= 15 is 0 Å². The fourth-order valence-corrected chi connectivity index (χ4v) is 1.96. The minimum absolute atomic E-state index is 0.0660. The molecule has 1 saturated carbocycles. The van der Waals surface area contributed by atoms with Crippen LogP contribution < -0.4 is 5.32 Å². The number of aliphatic hydroxyl groups excluding tert-OH is 1. The predicted octanol–water partition coefficient (Wildman–Crippen LogP) is 1.68. The van der Waals surface area contributed by atoms with Crippen LogP contribution in [0.4, 0.5) is 0 Å². The lowest BCUT2D eigenvalue weighted by atomic mass is 10.1. The summed E-state index contributed by atoms with van der Waals surface area (Å²) in [5, 5.41) is 13.0. The topological polar surface area (TPSA) is 32.3 Å². The summed E-state index contributed by atoms with van der Waals surface area (Å²) < 4.78 is 0. The number of aliphatic hydroxyl groups is 1. The molecule has 72 valence electrons. The Morgan fingerprint density at radius 3 is 2.58 bits per heavy atom. The van der Waals surface area contributed by atoms with Gasteiger partial charge in [0.1, 0.15) is 0 Å². The fraction of sp³-hybridized carbons (Fsp3) is 1.00. The minimum Gasteiger partial charge on any atom is -0.393 e. The summed E-state index contributed by atoms with van der Waals surface area (Å²) in [6.07, 6.45) is 5.56.